The first-order chi connectivity index (χ1) is 10.1. The van der Waals surface area contributed by atoms with Gasteiger partial charge in [-0.1, -0.05) is 11.6 Å². The summed E-state index contributed by atoms with van der Waals surface area (Å²) in [5.74, 6) is -0.443. The van der Waals surface area contributed by atoms with Crippen LogP contribution < -0.4 is 10.1 Å². The van der Waals surface area contributed by atoms with E-state index in [-0.39, 0.29) is 6.04 Å². The highest BCUT2D eigenvalue weighted by atomic mass is 35.5. The average molecular weight is 312 g/mol. The van der Waals surface area contributed by atoms with Crippen molar-refractivity contribution in [2.45, 2.75) is 12.5 Å². The van der Waals surface area contributed by atoms with Crippen LogP contribution in [-0.2, 0) is 6.42 Å². The first-order valence-corrected chi connectivity index (χ1v) is 6.95. The Balaban J connectivity index is 1.95. The fraction of sp³-hybridized carbons (Fsp3) is 0.250. The third-order valence-electron chi connectivity index (χ3n) is 3.08. The molecule has 0 aliphatic heterocycles. The number of halogens is 3. The van der Waals surface area contributed by atoms with Gasteiger partial charge in [0.15, 0.2) is 0 Å². The average Bonchev–Trinajstić information content (AvgIpc) is 2.44. The number of nitrogens with one attached hydrogen (secondary N) is 1. The van der Waals surface area contributed by atoms with Crippen LogP contribution in [0.15, 0.2) is 42.5 Å². The molecular weight excluding hydrogens is 296 g/mol. The molecule has 2 aromatic carbocycles. The number of benzene rings is 2. The van der Waals surface area contributed by atoms with Gasteiger partial charge in [0.25, 0.3) is 0 Å². The molecular formula is C16H16ClF2NO. The summed E-state index contributed by atoms with van der Waals surface area (Å²) in [4.78, 5) is 0. The summed E-state index contributed by atoms with van der Waals surface area (Å²) in [6.45, 7) is 0.385. The number of hydrogen-bond donors (Lipinski definition) is 1. The van der Waals surface area contributed by atoms with Crippen molar-refractivity contribution >= 4 is 11.6 Å². The molecule has 21 heavy (non-hydrogen) atoms. The van der Waals surface area contributed by atoms with Gasteiger partial charge in [-0.15, -0.1) is 0 Å². The zero-order chi connectivity index (χ0) is 15.2. The molecule has 0 aliphatic carbocycles. The van der Waals surface area contributed by atoms with Crippen LogP contribution in [0.25, 0.3) is 0 Å². The topological polar surface area (TPSA) is 21.3 Å². The number of ether oxygens (including phenoxy) is 1. The molecule has 0 amide bonds. The molecule has 2 aromatic rings. The Morgan fingerprint density at radius 1 is 1.10 bits per heavy atom. The molecule has 0 saturated carbocycles. The molecule has 0 saturated heterocycles. The van der Waals surface area contributed by atoms with E-state index < -0.39 is 11.6 Å². The minimum atomic E-state index is -0.571. The first kappa shape index (κ1) is 15.7. The monoisotopic (exact) mass is 311 g/mol. The van der Waals surface area contributed by atoms with E-state index in [0.29, 0.717) is 29.4 Å². The first-order valence-electron chi connectivity index (χ1n) is 6.57. The summed E-state index contributed by atoms with van der Waals surface area (Å²) in [5, 5.41) is 3.72. The zero-order valence-corrected chi connectivity index (χ0v) is 12.3. The highest BCUT2D eigenvalue weighted by Crippen LogP contribution is 2.16. The van der Waals surface area contributed by atoms with E-state index in [0.717, 1.165) is 6.07 Å². The largest absolute Gasteiger partial charge is 0.492 e. The summed E-state index contributed by atoms with van der Waals surface area (Å²) in [7, 11) is 1.78. The van der Waals surface area contributed by atoms with Gasteiger partial charge in [0.05, 0.1) is 0 Å². The van der Waals surface area contributed by atoms with E-state index in [1.165, 1.54) is 12.1 Å². The molecule has 0 aromatic heterocycles. The molecule has 0 bridgehead atoms. The molecule has 0 radical (unpaired) electrons. The molecule has 2 nitrogen and oxygen atoms in total. The summed E-state index contributed by atoms with van der Waals surface area (Å²) in [5.41, 5.74) is 0.589. The van der Waals surface area contributed by atoms with E-state index in [9.17, 15) is 8.78 Å². The molecule has 0 spiro atoms. The normalized spacial score (nSPS) is 12.2. The summed E-state index contributed by atoms with van der Waals surface area (Å²) >= 11 is 5.80. The molecule has 1 atom stereocenters. The van der Waals surface area contributed by atoms with Crippen molar-refractivity contribution in [3.8, 4) is 5.75 Å². The fourth-order valence-electron chi connectivity index (χ4n) is 1.99. The van der Waals surface area contributed by atoms with Gasteiger partial charge in [-0.05, 0) is 55.4 Å². The lowest BCUT2D eigenvalue weighted by Crippen LogP contribution is -2.33. The van der Waals surface area contributed by atoms with Crippen LogP contribution >= 0.6 is 11.6 Å². The van der Waals surface area contributed by atoms with Crippen molar-refractivity contribution in [3.05, 3.63) is 64.7 Å². The van der Waals surface area contributed by atoms with Crippen LogP contribution in [0.2, 0.25) is 5.02 Å². The van der Waals surface area contributed by atoms with Gasteiger partial charge in [0.2, 0.25) is 0 Å². The molecule has 0 fully saturated rings. The summed E-state index contributed by atoms with van der Waals surface area (Å²) < 4.78 is 32.0. The van der Waals surface area contributed by atoms with Gasteiger partial charge in [-0.3, -0.25) is 0 Å². The lowest BCUT2D eigenvalue weighted by molar-refractivity contribution is 0.269. The maximum atomic E-state index is 13.2. The summed E-state index contributed by atoms with van der Waals surface area (Å²) in [6.07, 6.45) is 0.471. The second kappa shape index (κ2) is 7.38. The van der Waals surface area contributed by atoms with Crippen LogP contribution in [0.1, 0.15) is 5.56 Å². The van der Waals surface area contributed by atoms with Crippen molar-refractivity contribution in [3.63, 3.8) is 0 Å². The second-order valence-electron chi connectivity index (χ2n) is 4.73. The fourth-order valence-corrected chi connectivity index (χ4v) is 2.11. The van der Waals surface area contributed by atoms with Crippen molar-refractivity contribution < 1.29 is 13.5 Å². The van der Waals surface area contributed by atoms with Crippen LogP contribution in [0.4, 0.5) is 8.78 Å². The quantitative estimate of drug-likeness (QED) is 0.875. The predicted molar refractivity (Wildman–Crippen MR) is 79.9 cm³/mol. The Bertz CT molecular complexity index is 569. The molecule has 0 aliphatic rings. The van der Waals surface area contributed by atoms with Gasteiger partial charge in [0.1, 0.15) is 24.0 Å². The van der Waals surface area contributed by atoms with Crippen LogP contribution in [-0.4, -0.2) is 19.7 Å². The van der Waals surface area contributed by atoms with E-state index in [1.807, 2.05) is 0 Å². The van der Waals surface area contributed by atoms with Crippen molar-refractivity contribution in [1.82, 2.24) is 5.32 Å². The standard InChI is InChI=1S/C16H16ClF2NO/c1-20-15(8-11-6-13(18)9-14(19)7-11)10-21-16-4-2-12(17)3-5-16/h2-7,9,15,20H,8,10H2,1H3. The van der Waals surface area contributed by atoms with Gasteiger partial charge in [0, 0.05) is 17.1 Å². The van der Waals surface area contributed by atoms with Crippen LogP contribution in [0.3, 0.4) is 0 Å². The Morgan fingerprint density at radius 2 is 1.71 bits per heavy atom. The highest BCUT2D eigenvalue weighted by Gasteiger charge is 2.10. The Hall–Kier alpha value is -1.65. The maximum Gasteiger partial charge on any atom is 0.126 e. The smallest absolute Gasteiger partial charge is 0.126 e. The Kier molecular flexibility index (Phi) is 5.53. The van der Waals surface area contributed by atoms with E-state index in [1.54, 1.807) is 31.3 Å². The molecule has 112 valence electrons. The second-order valence-corrected chi connectivity index (χ2v) is 5.17. The third-order valence-corrected chi connectivity index (χ3v) is 3.33. The number of rotatable bonds is 6. The number of hydrogen-bond acceptors (Lipinski definition) is 2. The van der Waals surface area contributed by atoms with E-state index in [2.05, 4.69) is 5.32 Å². The zero-order valence-electron chi connectivity index (χ0n) is 11.6. The molecule has 2 rings (SSSR count). The minimum Gasteiger partial charge on any atom is -0.492 e. The highest BCUT2D eigenvalue weighted by molar-refractivity contribution is 6.30. The van der Waals surface area contributed by atoms with Crippen molar-refractivity contribution in [2.24, 2.45) is 0 Å². The number of likely N-dealkylation sites (N-methyl/N-ethyl adjacent to an activating group) is 1. The third kappa shape index (κ3) is 4.99. The molecule has 1 N–H and O–H groups in total. The molecule has 1 unspecified atom stereocenters. The van der Waals surface area contributed by atoms with Gasteiger partial charge in [-0.2, -0.15) is 0 Å². The van der Waals surface area contributed by atoms with Crippen LogP contribution in [0, 0.1) is 11.6 Å². The van der Waals surface area contributed by atoms with Gasteiger partial charge in [-0.25, -0.2) is 8.78 Å². The maximum absolute atomic E-state index is 13.2. The van der Waals surface area contributed by atoms with Gasteiger partial charge < -0.3 is 10.1 Å². The van der Waals surface area contributed by atoms with Gasteiger partial charge >= 0.3 is 0 Å². The van der Waals surface area contributed by atoms with E-state index >= 15 is 0 Å². The summed E-state index contributed by atoms with van der Waals surface area (Å²) in [6, 6.07) is 10.5. The SMILES string of the molecule is CNC(COc1ccc(Cl)cc1)Cc1cc(F)cc(F)c1. The Labute approximate surface area is 127 Å². The predicted octanol–water partition coefficient (Wildman–Crippen LogP) is 3.83. The minimum absolute atomic E-state index is 0.0538. The lowest BCUT2D eigenvalue weighted by atomic mass is 10.1. The van der Waals surface area contributed by atoms with E-state index in [4.69, 9.17) is 16.3 Å². The molecule has 5 heteroatoms. The molecule has 0 heterocycles. The van der Waals surface area contributed by atoms with Crippen molar-refractivity contribution in [1.29, 1.82) is 0 Å². The lowest BCUT2D eigenvalue weighted by Gasteiger charge is -2.17. The Morgan fingerprint density at radius 3 is 2.29 bits per heavy atom. The van der Waals surface area contributed by atoms with Crippen molar-refractivity contribution in [2.75, 3.05) is 13.7 Å². The van der Waals surface area contributed by atoms with Crippen LogP contribution in [0.5, 0.6) is 5.75 Å².